The molecule has 1 aromatic rings. The summed E-state index contributed by atoms with van der Waals surface area (Å²) in [4.78, 5) is 9.65. The van der Waals surface area contributed by atoms with Crippen LogP contribution in [0.25, 0.3) is 0 Å². The summed E-state index contributed by atoms with van der Waals surface area (Å²) >= 11 is 1.83. The van der Waals surface area contributed by atoms with Crippen LogP contribution < -0.4 is 10.2 Å². The first-order valence-corrected chi connectivity index (χ1v) is 8.90. The summed E-state index contributed by atoms with van der Waals surface area (Å²) < 4.78 is 0. The Morgan fingerprint density at radius 2 is 2.10 bits per heavy atom. The van der Waals surface area contributed by atoms with Crippen molar-refractivity contribution in [2.24, 2.45) is 10.9 Å². The highest BCUT2D eigenvalue weighted by Gasteiger charge is 2.20. The molecule has 1 fully saturated rings. The second-order valence-corrected chi connectivity index (χ2v) is 6.77. The standard InChI is InChI=1S/C16H28N4S/c1-4-17-16(18-8-7-14(2)3)20-11-9-19(10-12-20)15-6-5-13-21-15/h5-6,13-14H,4,7-12H2,1-3H3,(H,17,18). The van der Waals surface area contributed by atoms with Crippen molar-refractivity contribution in [3.63, 3.8) is 0 Å². The van der Waals surface area contributed by atoms with E-state index in [9.17, 15) is 0 Å². The van der Waals surface area contributed by atoms with Crippen LogP contribution >= 0.6 is 11.3 Å². The topological polar surface area (TPSA) is 30.9 Å². The quantitative estimate of drug-likeness (QED) is 0.670. The lowest BCUT2D eigenvalue weighted by Gasteiger charge is -2.37. The summed E-state index contributed by atoms with van der Waals surface area (Å²) in [6.45, 7) is 12.8. The summed E-state index contributed by atoms with van der Waals surface area (Å²) in [6, 6.07) is 4.34. The van der Waals surface area contributed by atoms with E-state index in [4.69, 9.17) is 4.99 Å². The number of aliphatic imine (C=N–C) groups is 1. The molecule has 0 saturated carbocycles. The Morgan fingerprint density at radius 3 is 2.67 bits per heavy atom. The van der Waals surface area contributed by atoms with Crippen molar-refractivity contribution in [2.75, 3.05) is 44.2 Å². The van der Waals surface area contributed by atoms with Crippen LogP contribution in [0.3, 0.4) is 0 Å². The van der Waals surface area contributed by atoms with Crippen molar-refractivity contribution in [1.29, 1.82) is 0 Å². The lowest BCUT2D eigenvalue weighted by atomic mass is 10.1. The molecule has 1 aromatic heterocycles. The van der Waals surface area contributed by atoms with Gasteiger partial charge in [0.2, 0.25) is 0 Å². The van der Waals surface area contributed by atoms with Gasteiger partial charge < -0.3 is 15.1 Å². The minimum atomic E-state index is 0.715. The van der Waals surface area contributed by atoms with Gasteiger partial charge in [-0.1, -0.05) is 13.8 Å². The normalized spacial score (nSPS) is 16.7. The fraction of sp³-hybridized carbons (Fsp3) is 0.688. The SMILES string of the molecule is CCNC(=NCCC(C)C)N1CCN(c2cccs2)CC1. The molecule has 0 spiro atoms. The van der Waals surface area contributed by atoms with Crippen LogP contribution in [0.1, 0.15) is 27.2 Å². The summed E-state index contributed by atoms with van der Waals surface area (Å²) in [5, 5.41) is 6.97. The second-order valence-electron chi connectivity index (χ2n) is 5.84. The summed E-state index contributed by atoms with van der Waals surface area (Å²) in [6.07, 6.45) is 1.16. The van der Waals surface area contributed by atoms with Gasteiger partial charge in [0.15, 0.2) is 5.96 Å². The number of piperazine rings is 1. The predicted molar refractivity (Wildman–Crippen MR) is 93.5 cm³/mol. The molecule has 0 amide bonds. The number of anilines is 1. The van der Waals surface area contributed by atoms with Crippen LogP contribution in [0.5, 0.6) is 0 Å². The Morgan fingerprint density at radius 1 is 1.33 bits per heavy atom. The monoisotopic (exact) mass is 308 g/mol. The van der Waals surface area contributed by atoms with E-state index < -0.39 is 0 Å². The van der Waals surface area contributed by atoms with Crippen molar-refractivity contribution in [3.05, 3.63) is 17.5 Å². The van der Waals surface area contributed by atoms with E-state index in [0.717, 1.165) is 51.6 Å². The molecule has 1 aliphatic rings. The summed E-state index contributed by atoms with van der Waals surface area (Å²) in [5.41, 5.74) is 0. The molecule has 1 N–H and O–H groups in total. The zero-order valence-corrected chi connectivity index (χ0v) is 14.3. The fourth-order valence-corrected chi connectivity index (χ4v) is 3.23. The van der Waals surface area contributed by atoms with Gasteiger partial charge >= 0.3 is 0 Å². The molecule has 5 heteroatoms. The second kappa shape index (κ2) is 8.27. The molecule has 21 heavy (non-hydrogen) atoms. The maximum atomic E-state index is 4.78. The first-order chi connectivity index (χ1) is 10.2. The highest BCUT2D eigenvalue weighted by atomic mass is 32.1. The first kappa shape index (κ1) is 16.1. The van der Waals surface area contributed by atoms with Gasteiger partial charge in [0.25, 0.3) is 0 Å². The Kier molecular flexibility index (Phi) is 6.36. The lowest BCUT2D eigenvalue weighted by Crippen LogP contribution is -2.52. The van der Waals surface area contributed by atoms with Crippen molar-refractivity contribution < 1.29 is 0 Å². The predicted octanol–water partition coefficient (Wildman–Crippen LogP) is 2.88. The van der Waals surface area contributed by atoms with Crippen molar-refractivity contribution >= 4 is 22.3 Å². The van der Waals surface area contributed by atoms with Crippen LogP contribution in [0.2, 0.25) is 0 Å². The van der Waals surface area contributed by atoms with Crippen molar-refractivity contribution in [1.82, 2.24) is 10.2 Å². The summed E-state index contributed by atoms with van der Waals surface area (Å²) in [5.74, 6) is 1.80. The maximum absolute atomic E-state index is 4.78. The molecule has 0 radical (unpaired) electrons. The molecule has 1 aliphatic heterocycles. The molecule has 118 valence electrons. The van der Waals surface area contributed by atoms with E-state index in [-0.39, 0.29) is 0 Å². The highest BCUT2D eigenvalue weighted by Crippen LogP contribution is 2.22. The number of thiophene rings is 1. The van der Waals surface area contributed by atoms with Crippen LogP contribution in [-0.4, -0.2) is 50.1 Å². The third-order valence-corrected chi connectivity index (χ3v) is 4.63. The number of hydrogen-bond acceptors (Lipinski definition) is 3. The zero-order valence-electron chi connectivity index (χ0n) is 13.5. The number of hydrogen-bond donors (Lipinski definition) is 1. The molecule has 0 unspecified atom stereocenters. The molecular weight excluding hydrogens is 280 g/mol. The van der Waals surface area contributed by atoms with E-state index in [0.29, 0.717) is 5.92 Å². The van der Waals surface area contributed by atoms with E-state index >= 15 is 0 Å². The molecule has 4 nitrogen and oxygen atoms in total. The number of nitrogens with zero attached hydrogens (tertiary/aromatic N) is 3. The molecule has 2 heterocycles. The van der Waals surface area contributed by atoms with Crippen LogP contribution in [0.15, 0.2) is 22.5 Å². The molecule has 2 rings (SSSR count). The smallest absolute Gasteiger partial charge is 0.194 e. The van der Waals surface area contributed by atoms with Gasteiger partial charge in [0.1, 0.15) is 0 Å². The minimum Gasteiger partial charge on any atom is -0.360 e. The number of guanidine groups is 1. The van der Waals surface area contributed by atoms with Gasteiger partial charge in [-0.3, -0.25) is 4.99 Å². The van der Waals surface area contributed by atoms with E-state index in [1.54, 1.807) is 0 Å². The molecule has 0 bridgehead atoms. The minimum absolute atomic E-state index is 0.715. The Balaban J connectivity index is 1.87. The fourth-order valence-electron chi connectivity index (χ4n) is 2.44. The average molecular weight is 308 g/mol. The lowest BCUT2D eigenvalue weighted by molar-refractivity contribution is 0.373. The van der Waals surface area contributed by atoms with Gasteiger partial charge in [-0.05, 0) is 36.8 Å². The van der Waals surface area contributed by atoms with Crippen LogP contribution in [0.4, 0.5) is 5.00 Å². The largest absolute Gasteiger partial charge is 0.360 e. The molecule has 0 aromatic carbocycles. The van der Waals surface area contributed by atoms with Crippen LogP contribution in [-0.2, 0) is 0 Å². The van der Waals surface area contributed by atoms with Gasteiger partial charge in [-0.25, -0.2) is 0 Å². The third kappa shape index (κ3) is 4.92. The highest BCUT2D eigenvalue weighted by molar-refractivity contribution is 7.14. The third-order valence-electron chi connectivity index (χ3n) is 3.70. The molecule has 0 atom stereocenters. The Labute approximate surface area is 132 Å². The Hall–Kier alpha value is -1.23. The number of nitrogens with one attached hydrogen (secondary N) is 1. The van der Waals surface area contributed by atoms with Crippen molar-refractivity contribution in [2.45, 2.75) is 27.2 Å². The van der Waals surface area contributed by atoms with Crippen molar-refractivity contribution in [3.8, 4) is 0 Å². The van der Waals surface area contributed by atoms with Gasteiger partial charge in [0.05, 0.1) is 5.00 Å². The average Bonchev–Trinajstić information content (AvgIpc) is 3.00. The Bertz CT molecular complexity index is 419. The first-order valence-electron chi connectivity index (χ1n) is 8.02. The zero-order chi connectivity index (χ0) is 15.1. The maximum Gasteiger partial charge on any atom is 0.194 e. The summed E-state index contributed by atoms with van der Waals surface area (Å²) in [7, 11) is 0. The van der Waals surface area contributed by atoms with Gasteiger partial charge in [0, 0.05) is 39.3 Å². The number of rotatable bonds is 5. The molecule has 1 saturated heterocycles. The van der Waals surface area contributed by atoms with Gasteiger partial charge in [-0.15, -0.1) is 11.3 Å². The van der Waals surface area contributed by atoms with E-state index in [1.807, 2.05) is 11.3 Å². The van der Waals surface area contributed by atoms with Crippen LogP contribution in [0, 0.1) is 5.92 Å². The van der Waals surface area contributed by atoms with Gasteiger partial charge in [-0.2, -0.15) is 0 Å². The molecule has 0 aliphatic carbocycles. The molecular formula is C16H28N4S. The van der Waals surface area contributed by atoms with E-state index in [2.05, 4.69) is 53.4 Å². The van der Waals surface area contributed by atoms with E-state index in [1.165, 1.54) is 5.00 Å².